The molecule has 0 bridgehead atoms. The highest BCUT2D eigenvalue weighted by Crippen LogP contribution is 2.22. The molecule has 2 amide bonds. The number of nitrogens with one attached hydrogen (secondary N) is 1. The van der Waals surface area contributed by atoms with Crippen molar-refractivity contribution in [1.82, 2.24) is 14.5 Å². The average Bonchev–Trinajstić information content (AvgIpc) is 2.88. The largest absolute Gasteiger partial charge is 0.497 e. The standard InChI is InChI=1S/C27H33N3O5S/c1-5-25(27(32)28-6-2)30(18-20-11-14-23(35-4)15-12-20)26(31)19-29(3)36(33,34)24-16-13-21-9-7-8-10-22(21)17-24/h7-17,25H,5-6,18-19H2,1-4H3,(H,28,32). The third kappa shape index (κ3) is 6.22. The monoisotopic (exact) mass is 511 g/mol. The number of hydrogen-bond donors (Lipinski definition) is 1. The zero-order valence-corrected chi connectivity index (χ0v) is 21.9. The third-order valence-electron chi connectivity index (χ3n) is 6.04. The fourth-order valence-electron chi connectivity index (χ4n) is 4.01. The normalized spacial score (nSPS) is 12.4. The van der Waals surface area contributed by atoms with Crippen molar-refractivity contribution < 1.29 is 22.7 Å². The number of methoxy groups -OCH3 is 1. The lowest BCUT2D eigenvalue weighted by atomic mass is 10.1. The molecular weight excluding hydrogens is 478 g/mol. The molecule has 0 aliphatic rings. The number of amides is 2. The average molecular weight is 512 g/mol. The predicted molar refractivity (Wildman–Crippen MR) is 140 cm³/mol. The maximum absolute atomic E-state index is 13.5. The molecule has 1 atom stereocenters. The van der Waals surface area contributed by atoms with Gasteiger partial charge < -0.3 is 15.0 Å². The molecule has 0 spiro atoms. The molecule has 9 heteroatoms. The van der Waals surface area contributed by atoms with Crippen LogP contribution in [0, 0.1) is 0 Å². The van der Waals surface area contributed by atoms with E-state index < -0.39 is 28.5 Å². The maximum Gasteiger partial charge on any atom is 0.243 e. The summed E-state index contributed by atoms with van der Waals surface area (Å²) in [4.78, 5) is 27.8. The highest BCUT2D eigenvalue weighted by Gasteiger charge is 2.31. The Bertz CT molecular complexity index is 1310. The molecule has 192 valence electrons. The van der Waals surface area contributed by atoms with Crippen molar-refractivity contribution in [1.29, 1.82) is 0 Å². The number of carbonyl (C=O) groups excluding carboxylic acids is 2. The van der Waals surface area contributed by atoms with Gasteiger partial charge in [-0.25, -0.2) is 8.42 Å². The first-order chi connectivity index (χ1) is 17.2. The van der Waals surface area contributed by atoms with Crippen LogP contribution in [-0.4, -0.2) is 62.7 Å². The third-order valence-corrected chi connectivity index (χ3v) is 7.84. The summed E-state index contributed by atoms with van der Waals surface area (Å²) in [5.74, 6) is -0.0636. The molecule has 0 heterocycles. The number of likely N-dealkylation sites (N-methyl/N-ethyl adjacent to an activating group) is 2. The minimum Gasteiger partial charge on any atom is -0.497 e. The van der Waals surface area contributed by atoms with Crippen LogP contribution in [0.25, 0.3) is 10.8 Å². The summed E-state index contributed by atoms with van der Waals surface area (Å²) < 4.78 is 32.8. The van der Waals surface area contributed by atoms with E-state index in [0.717, 1.165) is 20.6 Å². The van der Waals surface area contributed by atoms with Gasteiger partial charge in [0.2, 0.25) is 21.8 Å². The van der Waals surface area contributed by atoms with Crippen molar-refractivity contribution in [2.24, 2.45) is 0 Å². The van der Waals surface area contributed by atoms with E-state index in [1.54, 1.807) is 31.4 Å². The van der Waals surface area contributed by atoms with Crippen molar-refractivity contribution in [2.45, 2.75) is 37.8 Å². The Morgan fingerprint density at radius 3 is 2.25 bits per heavy atom. The van der Waals surface area contributed by atoms with E-state index in [4.69, 9.17) is 4.74 Å². The summed E-state index contributed by atoms with van der Waals surface area (Å²) in [6, 6.07) is 18.8. The Morgan fingerprint density at radius 2 is 1.64 bits per heavy atom. The van der Waals surface area contributed by atoms with Gasteiger partial charge in [0.1, 0.15) is 11.8 Å². The van der Waals surface area contributed by atoms with E-state index in [9.17, 15) is 18.0 Å². The molecule has 3 aromatic carbocycles. The van der Waals surface area contributed by atoms with Crippen molar-refractivity contribution in [3.8, 4) is 5.75 Å². The van der Waals surface area contributed by atoms with E-state index >= 15 is 0 Å². The number of sulfonamides is 1. The van der Waals surface area contributed by atoms with Gasteiger partial charge in [0.15, 0.2) is 0 Å². The van der Waals surface area contributed by atoms with Gasteiger partial charge in [0, 0.05) is 20.1 Å². The van der Waals surface area contributed by atoms with E-state index in [2.05, 4.69) is 5.32 Å². The van der Waals surface area contributed by atoms with Crippen molar-refractivity contribution in [3.05, 3.63) is 72.3 Å². The van der Waals surface area contributed by atoms with E-state index in [-0.39, 0.29) is 17.3 Å². The Labute approximate surface area is 212 Å². The van der Waals surface area contributed by atoms with Gasteiger partial charge in [-0.3, -0.25) is 9.59 Å². The lowest BCUT2D eigenvalue weighted by Gasteiger charge is -2.32. The maximum atomic E-state index is 13.5. The molecule has 36 heavy (non-hydrogen) atoms. The fraction of sp³-hybridized carbons (Fsp3) is 0.333. The molecular formula is C27H33N3O5S. The molecule has 0 saturated carbocycles. The number of ether oxygens (including phenoxy) is 1. The minimum atomic E-state index is -3.94. The van der Waals surface area contributed by atoms with Crippen molar-refractivity contribution in [3.63, 3.8) is 0 Å². The van der Waals surface area contributed by atoms with Crippen LogP contribution in [0.1, 0.15) is 25.8 Å². The summed E-state index contributed by atoms with van der Waals surface area (Å²) >= 11 is 0. The SMILES string of the molecule is CCNC(=O)C(CC)N(Cc1ccc(OC)cc1)C(=O)CN(C)S(=O)(=O)c1ccc2ccccc2c1. The van der Waals surface area contributed by atoms with Crippen LogP contribution < -0.4 is 10.1 Å². The molecule has 0 radical (unpaired) electrons. The first-order valence-corrected chi connectivity index (χ1v) is 13.3. The van der Waals surface area contributed by atoms with Gasteiger partial charge in [-0.1, -0.05) is 49.4 Å². The van der Waals surface area contributed by atoms with Gasteiger partial charge in [0.05, 0.1) is 18.6 Å². The summed E-state index contributed by atoms with van der Waals surface area (Å²) in [5.41, 5.74) is 0.798. The quantitative estimate of drug-likeness (QED) is 0.426. The first kappa shape index (κ1) is 27.2. The summed E-state index contributed by atoms with van der Waals surface area (Å²) in [7, 11) is -0.991. The Kier molecular flexibility index (Phi) is 9.06. The predicted octanol–water partition coefficient (Wildman–Crippen LogP) is 3.41. The second-order valence-corrected chi connectivity index (χ2v) is 10.5. The molecule has 0 aliphatic carbocycles. The highest BCUT2D eigenvalue weighted by atomic mass is 32.2. The minimum absolute atomic E-state index is 0.106. The molecule has 0 fully saturated rings. The summed E-state index contributed by atoms with van der Waals surface area (Å²) in [6.45, 7) is 3.81. The molecule has 1 unspecified atom stereocenters. The van der Waals surface area contributed by atoms with Crippen LogP contribution in [0.5, 0.6) is 5.75 Å². The fourth-order valence-corrected chi connectivity index (χ4v) is 5.17. The first-order valence-electron chi connectivity index (χ1n) is 11.9. The molecule has 0 aliphatic heterocycles. The zero-order chi connectivity index (χ0) is 26.3. The van der Waals surface area contributed by atoms with Gasteiger partial charge in [-0.2, -0.15) is 4.31 Å². The molecule has 1 N–H and O–H groups in total. The number of benzene rings is 3. The lowest BCUT2D eigenvalue weighted by Crippen LogP contribution is -2.51. The van der Waals surface area contributed by atoms with Crippen LogP contribution in [-0.2, 0) is 26.2 Å². The number of hydrogen-bond acceptors (Lipinski definition) is 5. The van der Waals surface area contributed by atoms with Crippen molar-refractivity contribution in [2.75, 3.05) is 27.2 Å². The molecule has 3 rings (SSSR count). The van der Waals surface area contributed by atoms with Gasteiger partial charge in [-0.05, 0) is 53.9 Å². The van der Waals surface area contributed by atoms with Crippen LogP contribution in [0.15, 0.2) is 71.6 Å². The number of rotatable bonds is 11. The second kappa shape index (κ2) is 12.0. The number of nitrogens with zero attached hydrogens (tertiary/aromatic N) is 2. The summed E-state index contributed by atoms with van der Waals surface area (Å²) in [6.07, 6.45) is 0.384. The second-order valence-electron chi connectivity index (χ2n) is 8.46. The van der Waals surface area contributed by atoms with Gasteiger partial charge >= 0.3 is 0 Å². The molecule has 0 saturated heterocycles. The highest BCUT2D eigenvalue weighted by molar-refractivity contribution is 7.89. The van der Waals surface area contributed by atoms with Crippen molar-refractivity contribution >= 4 is 32.6 Å². The number of fused-ring (bicyclic) bond motifs is 1. The van der Waals surface area contributed by atoms with Gasteiger partial charge in [0.25, 0.3) is 0 Å². The zero-order valence-electron chi connectivity index (χ0n) is 21.1. The summed E-state index contributed by atoms with van der Waals surface area (Å²) in [5, 5.41) is 4.50. The molecule has 0 aromatic heterocycles. The molecule has 8 nitrogen and oxygen atoms in total. The van der Waals surface area contributed by atoms with Crippen LogP contribution in [0.3, 0.4) is 0 Å². The lowest BCUT2D eigenvalue weighted by molar-refractivity contribution is -0.141. The Balaban J connectivity index is 1.87. The van der Waals surface area contributed by atoms with Crippen LogP contribution >= 0.6 is 0 Å². The topological polar surface area (TPSA) is 96.0 Å². The molecule has 3 aromatic rings. The smallest absolute Gasteiger partial charge is 0.243 e. The Morgan fingerprint density at radius 1 is 0.972 bits per heavy atom. The van der Waals surface area contributed by atoms with Crippen LogP contribution in [0.4, 0.5) is 0 Å². The van der Waals surface area contributed by atoms with Crippen LogP contribution in [0.2, 0.25) is 0 Å². The van der Waals surface area contributed by atoms with E-state index in [1.165, 1.54) is 18.0 Å². The number of carbonyl (C=O) groups is 2. The Hall–Kier alpha value is -3.43. The van der Waals surface area contributed by atoms with Gasteiger partial charge in [-0.15, -0.1) is 0 Å². The van der Waals surface area contributed by atoms with E-state index in [1.807, 2.05) is 50.2 Å². The van der Waals surface area contributed by atoms with E-state index in [0.29, 0.717) is 18.7 Å².